The fraction of sp³-hybridized carbons (Fsp3) is 0.321. The molecule has 3 aromatic rings. The normalized spacial score (nSPS) is 12.2. The first-order valence-corrected chi connectivity index (χ1v) is 14.5. The second-order valence-electron chi connectivity index (χ2n) is 8.67. The highest BCUT2D eigenvalue weighted by Crippen LogP contribution is 2.33. The number of carbonyl (C=O) groups is 1. The van der Waals surface area contributed by atoms with Crippen LogP contribution in [0, 0.1) is 20.8 Å². The Morgan fingerprint density at radius 1 is 1.00 bits per heavy atom. The summed E-state index contributed by atoms with van der Waals surface area (Å²) in [5, 5.41) is 2.99. The SMILES string of the molecule is CCOc1ccccc1N(CC(=O)N[C@@H](C)c1cc(C)c(C)cc1C)S(=O)(=O)c1ccc(SC)cc1. The second-order valence-corrected chi connectivity index (χ2v) is 11.4. The molecule has 0 aliphatic rings. The second kappa shape index (κ2) is 11.8. The highest BCUT2D eigenvalue weighted by molar-refractivity contribution is 7.98. The van der Waals surface area contributed by atoms with Crippen LogP contribution in [0.1, 0.15) is 42.1 Å². The van der Waals surface area contributed by atoms with E-state index in [1.165, 1.54) is 17.3 Å². The minimum absolute atomic E-state index is 0.109. The maximum Gasteiger partial charge on any atom is 0.264 e. The number of benzene rings is 3. The van der Waals surface area contributed by atoms with Gasteiger partial charge in [0.25, 0.3) is 10.0 Å². The van der Waals surface area contributed by atoms with E-state index in [4.69, 9.17) is 4.74 Å². The molecule has 36 heavy (non-hydrogen) atoms. The minimum atomic E-state index is -4.05. The van der Waals surface area contributed by atoms with E-state index >= 15 is 0 Å². The quantitative estimate of drug-likeness (QED) is 0.338. The van der Waals surface area contributed by atoms with E-state index in [0.29, 0.717) is 18.0 Å². The smallest absolute Gasteiger partial charge is 0.264 e. The van der Waals surface area contributed by atoms with Gasteiger partial charge in [0, 0.05) is 4.90 Å². The molecule has 0 aliphatic carbocycles. The number of thioether (sulfide) groups is 1. The number of aryl methyl sites for hydroxylation is 3. The third kappa shape index (κ3) is 6.23. The molecule has 0 radical (unpaired) electrons. The molecule has 8 heteroatoms. The molecule has 0 saturated carbocycles. The van der Waals surface area contributed by atoms with Crippen LogP contribution in [0.2, 0.25) is 0 Å². The predicted octanol–water partition coefficient (Wildman–Crippen LogP) is 5.81. The topological polar surface area (TPSA) is 75.7 Å². The molecule has 6 nitrogen and oxygen atoms in total. The standard InChI is InChI=1S/C28H34N2O4S2/c1-7-34-27-11-9-8-10-26(27)30(36(32,33)24-14-12-23(35-6)13-15-24)18-28(31)29-22(5)25-17-20(3)19(2)16-21(25)4/h8-17,22H,7,18H2,1-6H3,(H,29,31)/t22-/m0/s1. The lowest BCUT2D eigenvalue weighted by molar-refractivity contribution is -0.120. The third-order valence-electron chi connectivity index (χ3n) is 6.09. The number of nitrogens with zero attached hydrogens (tertiary/aromatic N) is 1. The lowest BCUT2D eigenvalue weighted by Crippen LogP contribution is -2.41. The molecule has 0 saturated heterocycles. The highest BCUT2D eigenvalue weighted by atomic mass is 32.2. The average molecular weight is 527 g/mol. The average Bonchev–Trinajstić information content (AvgIpc) is 2.85. The van der Waals surface area contributed by atoms with E-state index in [1.807, 2.05) is 34.0 Å². The number of hydrogen-bond donors (Lipinski definition) is 1. The zero-order valence-electron chi connectivity index (χ0n) is 21.7. The van der Waals surface area contributed by atoms with Crippen LogP contribution >= 0.6 is 11.8 Å². The summed E-state index contributed by atoms with van der Waals surface area (Å²) in [6.07, 6.45) is 1.93. The van der Waals surface area contributed by atoms with Gasteiger partial charge < -0.3 is 10.1 Å². The zero-order chi connectivity index (χ0) is 26.5. The monoisotopic (exact) mass is 526 g/mol. The van der Waals surface area contributed by atoms with E-state index < -0.39 is 15.9 Å². The maximum atomic E-state index is 13.8. The van der Waals surface area contributed by atoms with Crippen LogP contribution in [0.5, 0.6) is 5.75 Å². The number of nitrogens with one attached hydrogen (secondary N) is 1. The van der Waals surface area contributed by atoms with Gasteiger partial charge in [-0.1, -0.05) is 24.3 Å². The van der Waals surface area contributed by atoms with E-state index in [1.54, 1.807) is 48.5 Å². The minimum Gasteiger partial charge on any atom is -0.492 e. The predicted molar refractivity (Wildman–Crippen MR) is 148 cm³/mol. The lowest BCUT2D eigenvalue weighted by atomic mass is 9.96. The van der Waals surface area contributed by atoms with Crippen molar-refractivity contribution in [3.8, 4) is 5.75 Å². The first kappa shape index (κ1) is 27.6. The maximum absolute atomic E-state index is 13.8. The van der Waals surface area contributed by atoms with Crippen LogP contribution in [-0.4, -0.2) is 33.7 Å². The Hall–Kier alpha value is -2.97. The summed E-state index contributed by atoms with van der Waals surface area (Å²) in [6.45, 7) is 9.82. The molecule has 0 aromatic heterocycles. The number of sulfonamides is 1. The van der Waals surface area contributed by atoms with Crippen molar-refractivity contribution in [3.63, 3.8) is 0 Å². The van der Waals surface area contributed by atoms with Crippen molar-refractivity contribution in [1.29, 1.82) is 0 Å². The van der Waals surface area contributed by atoms with Crippen molar-refractivity contribution < 1.29 is 17.9 Å². The van der Waals surface area contributed by atoms with Gasteiger partial charge in [-0.15, -0.1) is 11.8 Å². The molecule has 0 fully saturated rings. The van der Waals surface area contributed by atoms with Gasteiger partial charge >= 0.3 is 0 Å². The summed E-state index contributed by atoms with van der Waals surface area (Å²) in [4.78, 5) is 14.3. The van der Waals surface area contributed by atoms with Gasteiger partial charge in [0.1, 0.15) is 12.3 Å². The summed E-state index contributed by atoms with van der Waals surface area (Å²) in [5.41, 5.74) is 4.72. The fourth-order valence-electron chi connectivity index (χ4n) is 4.06. The molecule has 3 rings (SSSR count). The molecule has 192 valence electrons. The summed E-state index contributed by atoms with van der Waals surface area (Å²) in [7, 11) is -4.05. The number of hydrogen-bond acceptors (Lipinski definition) is 5. The Bertz CT molecular complexity index is 1320. The Morgan fingerprint density at radius 3 is 2.28 bits per heavy atom. The Balaban J connectivity index is 1.97. The van der Waals surface area contributed by atoms with Gasteiger partial charge in [-0.2, -0.15) is 0 Å². The molecular weight excluding hydrogens is 492 g/mol. The molecule has 0 heterocycles. The van der Waals surface area contributed by atoms with Crippen molar-refractivity contribution >= 4 is 33.4 Å². The molecule has 0 spiro atoms. The number of para-hydroxylation sites is 2. The van der Waals surface area contributed by atoms with Gasteiger partial charge in [0.2, 0.25) is 5.91 Å². The van der Waals surface area contributed by atoms with Crippen molar-refractivity contribution in [1.82, 2.24) is 5.32 Å². The molecule has 0 aliphatic heterocycles. The highest BCUT2D eigenvalue weighted by Gasteiger charge is 2.30. The van der Waals surface area contributed by atoms with Gasteiger partial charge in [0.15, 0.2) is 0 Å². The molecular formula is C28H34N2O4S2. The largest absolute Gasteiger partial charge is 0.492 e. The van der Waals surface area contributed by atoms with Gasteiger partial charge in [-0.05, 0) is 99.5 Å². The number of ether oxygens (including phenoxy) is 1. The van der Waals surface area contributed by atoms with E-state index in [-0.39, 0.29) is 17.5 Å². The van der Waals surface area contributed by atoms with Crippen LogP contribution in [0.15, 0.2) is 70.5 Å². The number of anilines is 1. The molecule has 3 aromatic carbocycles. The van der Waals surface area contributed by atoms with Crippen molar-refractivity contribution in [2.45, 2.75) is 50.5 Å². The number of rotatable bonds is 10. The summed E-state index contributed by atoms with van der Waals surface area (Å²) in [5.74, 6) is -0.00843. The first-order valence-electron chi connectivity index (χ1n) is 11.8. The molecule has 1 atom stereocenters. The van der Waals surface area contributed by atoms with Crippen LogP contribution < -0.4 is 14.4 Å². The molecule has 1 N–H and O–H groups in total. The molecule has 1 amide bonds. The van der Waals surface area contributed by atoms with Crippen molar-refractivity contribution in [2.24, 2.45) is 0 Å². The number of amides is 1. The van der Waals surface area contributed by atoms with Crippen molar-refractivity contribution in [3.05, 3.63) is 82.9 Å². The van der Waals surface area contributed by atoms with Gasteiger partial charge in [0.05, 0.1) is 23.2 Å². The summed E-state index contributed by atoms with van der Waals surface area (Å²) >= 11 is 1.53. The van der Waals surface area contributed by atoms with Crippen LogP contribution in [0.25, 0.3) is 0 Å². The van der Waals surface area contributed by atoms with Crippen LogP contribution in [0.3, 0.4) is 0 Å². The van der Waals surface area contributed by atoms with E-state index in [2.05, 4.69) is 24.4 Å². The summed E-state index contributed by atoms with van der Waals surface area (Å²) in [6, 6.07) is 17.4. The van der Waals surface area contributed by atoms with Crippen LogP contribution in [-0.2, 0) is 14.8 Å². The Morgan fingerprint density at radius 2 is 1.64 bits per heavy atom. The molecule has 0 bridgehead atoms. The third-order valence-corrected chi connectivity index (χ3v) is 8.61. The van der Waals surface area contributed by atoms with Gasteiger partial charge in [-0.3, -0.25) is 9.10 Å². The zero-order valence-corrected chi connectivity index (χ0v) is 23.3. The summed E-state index contributed by atoms with van der Waals surface area (Å²) < 4.78 is 34.4. The fourth-order valence-corrected chi connectivity index (χ4v) is 5.90. The Labute approximate surface area is 219 Å². The van der Waals surface area contributed by atoms with E-state index in [9.17, 15) is 13.2 Å². The Kier molecular flexibility index (Phi) is 9.08. The molecule has 0 unspecified atom stereocenters. The number of carbonyl (C=O) groups excluding carboxylic acids is 1. The van der Waals surface area contributed by atoms with Crippen LogP contribution in [0.4, 0.5) is 5.69 Å². The lowest BCUT2D eigenvalue weighted by Gasteiger charge is -2.27. The first-order chi connectivity index (χ1) is 17.1. The van der Waals surface area contributed by atoms with Crippen molar-refractivity contribution in [2.75, 3.05) is 23.7 Å². The van der Waals surface area contributed by atoms with Gasteiger partial charge in [-0.25, -0.2) is 8.42 Å². The van der Waals surface area contributed by atoms with E-state index in [0.717, 1.165) is 25.9 Å².